The highest BCUT2D eigenvalue weighted by molar-refractivity contribution is 5.74. The molecule has 0 saturated heterocycles. The molecule has 0 saturated carbocycles. The maximum absolute atomic E-state index is 10.9. The van der Waals surface area contributed by atoms with E-state index in [1.807, 2.05) is 0 Å². The molecule has 0 aromatic heterocycles. The van der Waals surface area contributed by atoms with Crippen LogP contribution in [-0.2, 0) is 9.59 Å². The van der Waals surface area contributed by atoms with Gasteiger partial charge in [-0.2, -0.15) is 0 Å². The van der Waals surface area contributed by atoms with Crippen LogP contribution >= 0.6 is 0 Å². The summed E-state index contributed by atoms with van der Waals surface area (Å²) in [5.41, 5.74) is 0. The van der Waals surface area contributed by atoms with Crippen LogP contribution in [0.2, 0.25) is 0 Å². The molecular weight excluding hydrogens is 184 g/mol. The van der Waals surface area contributed by atoms with Gasteiger partial charge in [-0.05, 0) is 11.8 Å². The first-order valence-corrected chi connectivity index (χ1v) is 4.74. The van der Waals surface area contributed by atoms with Gasteiger partial charge in [0.15, 0.2) is 0 Å². The van der Waals surface area contributed by atoms with Crippen LogP contribution in [-0.4, -0.2) is 22.2 Å². The van der Waals surface area contributed by atoms with Gasteiger partial charge in [-0.1, -0.05) is 27.7 Å². The van der Waals surface area contributed by atoms with Gasteiger partial charge < -0.3 is 10.2 Å². The van der Waals surface area contributed by atoms with Crippen molar-refractivity contribution in [1.29, 1.82) is 0 Å². The molecule has 0 aromatic rings. The molecule has 0 aromatic carbocycles. The van der Waals surface area contributed by atoms with E-state index in [9.17, 15) is 9.59 Å². The molecule has 0 aliphatic rings. The Hall–Kier alpha value is -1.06. The van der Waals surface area contributed by atoms with Crippen molar-refractivity contribution in [2.24, 2.45) is 23.7 Å². The molecule has 0 aliphatic heterocycles. The van der Waals surface area contributed by atoms with Crippen molar-refractivity contribution >= 4 is 11.9 Å². The summed E-state index contributed by atoms with van der Waals surface area (Å²) in [5, 5.41) is 17.7. The van der Waals surface area contributed by atoms with Crippen LogP contribution in [0.4, 0.5) is 0 Å². The summed E-state index contributed by atoms with van der Waals surface area (Å²) >= 11 is 0. The van der Waals surface area contributed by atoms with Gasteiger partial charge in [0.25, 0.3) is 0 Å². The third-order valence-corrected chi connectivity index (χ3v) is 2.75. The minimum atomic E-state index is -0.940. The van der Waals surface area contributed by atoms with Crippen LogP contribution in [0.15, 0.2) is 0 Å². The van der Waals surface area contributed by atoms with Gasteiger partial charge in [-0.25, -0.2) is 0 Å². The summed E-state index contributed by atoms with van der Waals surface area (Å²) in [6.07, 6.45) is 0. The minimum Gasteiger partial charge on any atom is -0.481 e. The average molecular weight is 202 g/mol. The molecule has 0 bridgehead atoms. The molecule has 82 valence electrons. The lowest BCUT2D eigenvalue weighted by Crippen LogP contribution is -2.33. The highest BCUT2D eigenvalue weighted by Gasteiger charge is 2.34. The number of aliphatic carboxylic acids is 2. The molecule has 4 nitrogen and oxygen atoms in total. The number of carboxylic acid groups (broad SMARTS) is 2. The largest absolute Gasteiger partial charge is 0.481 e. The van der Waals surface area contributed by atoms with Crippen molar-refractivity contribution in [3.63, 3.8) is 0 Å². The number of rotatable bonds is 5. The smallest absolute Gasteiger partial charge is 0.307 e. The first-order valence-electron chi connectivity index (χ1n) is 4.74. The van der Waals surface area contributed by atoms with E-state index in [0.29, 0.717) is 0 Å². The second-order valence-electron chi connectivity index (χ2n) is 4.09. The molecule has 3 atom stereocenters. The lowest BCUT2D eigenvalue weighted by molar-refractivity contribution is -0.150. The molecule has 0 heterocycles. The summed E-state index contributed by atoms with van der Waals surface area (Å²) in [4.78, 5) is 21.6. The Balaban J connectivity index is 4.68. The van der Waals surface area contributed by atoms with E-state index < -0.39 is 23.8 Å². The summed E-state index contributed by atoms with van der Waals surface area (Å²) in [7, 11) is 0. The van der Waals surface area contributed by atoms with Gasteiger partial charge in [0.1, 0.15) is 0 Å². The zero-order valence-electron chi connectivity index (χ0n) is 9.02. The van der Waals surface area contributed by atoms with Gasteiger partial charge in [0.2, 0.25) is 0 Å². The zero-order valence-corrected chi connectivity index (χ0v) is 9.02. The molecule has 0 spiro atoms. The van der Waals surface area contributed by atoms with Gasteiger partial charge in [-0.3, -0.25) is 9.59 Å². The maximum atomic E-state index is 10.9. The Bertz CT molecular complexity index is 222. The molecule has 0 radical (unpaired) electrons. The topological polar surface area (TPSA) is 74.6 Å². The molecule has 0 fully saturated rings. The van der Waals surface area contributed by atoms with Crippen LogP contribution < -0.4 is 0 Å². The van der Waals surface area contributed by atoms with Gasteiger partial charge in [-0.15, -0.1) is 0 Å². The Morgan fingerprint density at radius 2 is 1.36 bits per heavy atom. The fraction of sp³-hybridized carbons (Fsp3) is 0.800. The summed E-state index contributed by atoms with van der Waals surface area (Å²) < 4.78 is 0. The zero-order chi connectivity index (χ0) is 11.5. The van der Waals surface area contributed by atoms with E-state index in [1.54, 1.807) is 27.7 Å². The lowest BCUT2D eigenvalue weighted by atomic mass is 9.78. The molecule has 0 aliphatic carbocycles. The van der Waals surface area contributed by atoms with Crippen LogP contribution in [0.1, 0.15) is 27.7 Å². The Kier molecular flexibility index (Phi) is 4.60. The number of carboxylic acids is 2. The Labute approximate surface area is 83.9 Å². The van der Waals surface area contributed by atoms with E-state index in [2.05, 4.69) is 0 Å². The van der Waals surface area contributed by atoms with Crippen molar-refractivity contribution in [2.45, 2.75) is 27.7 Å². The van der Waals surface area contributed by atoms with Crippen molar-refractivity contribution in [3.8, 4) is 0 Å². The maximum Gasteiger partial charge on any atom is 0.307 e. The fourth-order valence-electron chi connectivity index (χ4n) is 1.65. The molecular formula is C10H18O4. The number of hydrogen-bond acceptors (Lipinski definition) is 2. The normalized spacial score (nSPS) is 17.5. The van der Waals surface area contributed by atoms with Crippen molar-refractivity contribution in [2.75, 3.05) is 0 Å². The van der Waals surface area contributed by atoms with Crippen molar-refractivity contribution in [1.82, 2.24) is 0 Å². The summed E-state index contributed by atoms with van der Waals surface area (Å²) in [6.45, 7) is 6.82. The Morgan fingerprint density at radius 3 is 1.57 bits per heavy atom. The second kappa shape index (κ2) is 4.98. The first-order chi connectivity index (χ1) is 6.29. The second-order valence-corrected chi connectivity index (χ2v) is 4.09. The quantitative estimate of drug-likeness (QED) is 0.711. The molecule has 14 heavy (non-hydrogen) atoms. The lowest BCUT2D eigenvalue weighted by Gasteiger charge is -2.26. The van der Waals surface area contributed by atoms with Crippen molar-refractivity contribution in [3.05, 3.63) is 0 Å². The first kappa shape index (κ1) is 12.9. The predicted molar refractivity (Wildman–Crippen MR) is 51.9 cm³/mol. The summed E-state index contributed by atoms with van der Waals surface area (Å²) in [5.74, 6) is -3.49. The molecule has 0 amide bonds. The third-order valence-electron chi connectivity index (χ3n) is 2.75. The molecule has 4 heteroatoms. The highest BCUT2D eigenvalue weighted by atomic mass is 16.4. The summed E-state index contributed by atoms with van der Waals surface area (Å²) in [6, 6.07) is 0. The Morgan fingerprint density at radius 1 is 0.929 bits per heavy atom. The predicted octanol–water partition coefficient (Wildman–Crippen LogP) is 1.70. The number of hydrogen-bond donors (Lipinski definition) is 2. The molecule has 2 N–H and O–H groups in total. The minimum absolute atomic E-state index is 0.0516. The SMILES string of the molecule is CC(C)C(C(=O)O)C(C)C(C)C(=O)O. The highest BCUT2D eigenvalue weighted by Crippen LogP contribution is 2.27. The van der Waals surface area contributed by atoms with E-state index in [4.69, 9.17) is 10.2 Å². The van der Waals surface area contributed by atoms with Crippen molar-refractivity contribution < 1.29 is 19.8 Å². The fourth-order valence-corrected chi connectivity index (χ4v) is 1.65. The van der Waals surface area contributed by atoms with E-state index in [1.165, 1.54) is 0 Å². The number of carbonyl (C=O) groups is 2. The van der Waals surface area contributed by atoms with Crippen LogP contribution in [0.5, 0.6) is 0 Å². The average Bonchev–Trinajstić information content (AvgIpc) is 2.01. The third kappa shape index (κ3) is 3.01. The van der Waals surface area contributed by atoms with Gasteiger partial charge >= 0.3 is 11.9 Å². The van der Waals surface area contributed by atoms with E-state index >= 15 is 0 Å². The van der Waals surface area contributed by atoms with E-state index in [0.717, 1.165) is 0 Å². The standard InChI is InChI=1S/C10H18O4/c1-5(2)8(10(13)14)6(3)7(4)9(11)12/h5-8H,1-4H3,(H,11,12)(H,13,14). The van der Waals surface area contributed by atoms with E-state index in [-0.39, 0.29) is 11.8 Å². The van der Waals surface area contributed by atoms with Crippen LogP contribution in [0, 0.1) is 23.7 Å². The molecule has 0 rings (SSSR count). The monoisotopic (exact) mass is 202 g/mol. The van der Waals surface area contributed by atoms with Gasteiger partial charge in [0.05, 0.1) is 11.8 Å². The molecule has 3 unspecified atom stereocenters. The van der Waals surface area contributed by atoms with Crippen LogP contribution in [0.25, 0.3) is 0 Å². The van der Waals surface area contributed by atoms with Gasteiger partial charge in [0, 0.05) is 0 Å². The van der Waals surface area contributed by atoms with Crippen LogP contribution in [0.3, 0.4) is 0 Å².